The Morgan fingerprint density at radius 2 is 1.38 bits per heavy atom. The van der Waals surface area contributed by atoms with Crippen molar-refractivity contribution in [3.05, 3.63) is 47.3 Å². The Bertz CT molecular complexity index is 756. The van der Waals surface area contributed by atoms with E-state index >= 15 is 0 Å². The largest absolute Gasteiger partial charge is 0.478 e. The predicted octanol–water partition coefficient (Wildman–Crippen LogP) is 1.24. The molecule has 0 aliphatic carbocycles. The zero-order valence-corrected chi connectivity index (χ0v) is 10.3. The van der Waals surface area contributed by atoms with Crippen LogP contribution < -0.4 is 0 Å². The van der Waals surface area contributed by atoms with Gasteiger partial charge in [-0.15, -0.1) is 0 Å². The Kier molecular flexibility index (Phi) is 3.61. The molecule has 21 heavy (non-hydrogen) atoms. The zero-order valence-electron chi connectivity index (χ0n) is 10.3. The summed E-state index contributed by atoms with van der Waals surface area (Å²) in [7, 11) is 0. The molecule has 0 saturated heterocycles. The molecule has 2 heterocycles. The van der Waals surface area contributed by atoms with Crippen LogP contribution in [0.2, 0.25) is 0 Å². The Balaban J connectivity index is 2.68. The molecule has 2 rings (SSSR count). The highest BCUT2D eigenvalue weighted by molar-refractivity contribution is 5.96. The van der Waals surface area contributed by atoms with Crippen molar-refractivity contribution in [2.75, 3.05) is 0 Å². The van der Waals surface area contributed by atoms with E-state index in [9.17, 15) is 14.4 Å². The molecule has 0 spiro atoms. The van der Waals surface area contributed by atoms with Gasteiger partial charge in [0.15, 0.2) is 0 Å². The van der Waals surface area contributed by atoms with E-state index in [2.05, 4.69) is 9.97 Å². The van der Waals surface area contributed by atoms with Crippen molar-refractivity contribution in [2.45, 2.75) is 0 Å². The van der Waals surface area contributed by atoms with Gasteiger partial charge in [-0.05, 0) is 24.3 Å². The number of carboxylic acids is 3. The van der Waals surface area contributed by atoms with Crippen LogP contribution in [0.25, 0.3) is 11.4 Å². The molecular weight excluding hydrogens is 280 g/mol. The summed E-state index contributed by atoms with van der Waals surface area (Å²) in [6.07, 6.45) is 0. The van der Waals surface area contributed by atoms with E-state index in [1.54, 1.807) is 0 Å². The summed E-state index contributed by atoms with van der Waals surface area (Å²) in [5, 5.41) is 26.9. The van der Waals surface area contributed by atoms with E-state index in [4.69, 9.17) is 15.3 Å². The van der Waals surface area contributed by atoms with Crippen molar-refractivity contribution in [3.63, 3.8) is 0 Å². The lowest BCUT2D eigenvalue weighted by Gasteiger charge is -2.06. The molecule has 2 aromatic rings. The van der Waals surface area contributed by atoms with Gasteiger partial charge in [-0.3, -0.25) is 0 Å². The highest BCUT2D eigenvalue weighted by Crippen LogP contribution is 2.21. The van der Waals surface area contributed by atoms with Crippen LogP contribution in [0.5, 0.6) is 0 Å². The maximum absolute atomic E-state index is 11.2. The number of aromatic nitrogens is 2. The number of pyridine rings is 2. The number of nitrogens with zero attached hydrogens (tertiary/aromatic N) is 2. The number of rotatable bonds is 4. The van der Waals surface area contributed by atoms with Gasteiger partial charge in [-0.25, -0.2) is 24.4 Å². The van der Waals surface area contributed by atoms with Gasteiger partial charge < -0.3 is 15.3 Å². The van der Waals surface area contributed by atoms with E-state index in [-0.39, 0.29) is 28.3 Å². The maximum atomic E-state index is 11.2. The molecule has 0 atom stereocenters. The monoisotopic (exact) mass is 288 g/mol. The molecule has 8 nitrogen and oxygen atoms in total. The first kappa shape index (κ1) is 14.1. The summed E-state index contributed by atoms with van der Waals surface area (Å²) < 4.78 is 0. The van der Waals surface area contributed by atoms with Crippen LogP contribution >= 0.6 is 0 Å². The molecule has 0 amide bonds. The molecule has 0 aliphatic heterocycles. The van der Waals surface area contributed by atoms with Crippen molar-refractivity contribution < 1.29 is 29.7 Å². The van der Waals surface area contributed by atoms with Crippen LogP contribution in [0.15, 0.2) is 30.3 Å². The first-order valence-electron chi connectivity index (χ1n) is 5.58. The van der Waals surface area contributed by atoms with E-state index in [0.717, 1.165) is 12.1 Å². The van der Waals surface area contributed by atoms with Crippen LogP contribution in [-0.2, 0) is 0 Å². The number of aromatic carboxylic acids is 3. The third kappa shape index (κ3) is 2.84. The van der Waals surface area contributed by atoms with Gasteiger partial charge in [0.05, 0.1) is 11.3 Å². The van der Waals surface area contributed by atoms with Crippen molar-refractivity contribution in [1.29, 1.82) is 0 Å². The maximum Gasteiger partial charge on any atom is 0.354 e. The van der Waals surface area contributed by atoms with E-state index in [1.165, 1.54) is 18.2 Å². The molecule has 106 valence electrons. The predicted molar refractivity (Wildman–Crippen MR) is 68.3 cm³/mol. The summed E-state index contributed by atoms with van der Waals surface area (Å²) in [6, 6.07) is 6.09. The van der Waals surface area contributed by atoms with Gasteiger partial charge in [-0.1, -0.05) is 6.07 Å². The van der Waals surface area contributed by atoms with Crippen LogP contribution in [0.4, 0.5) is 0 Å². The molecule has 3 N–H and O–H groups in total. The second-order valence-corrected chi connectivity index (χ2v) is 3.92. The van der Waals surface area contributed by atoms with Gasteiger partial charge in [0.2, 0.25) is 0 Å². The summed E-state index contributed by atoms with van der Waals surface area (Å²) in [5.41, 5.74) is -1.17. The highest BCUT2D eigenvalue weighted by Gasteiger charge is 2.18. The molecule has 0 aromatic carbocycles. The molecule has 0 aliphatic rings. The summed E-state index contributed by atoms with van der Waals surface area (Å²) in [4.78, 5) is 40.5. The summed E-state index contributed by atoms with van der Waals surface area (Å²) in [5.74, 6) is -3.94. The minimum Gasteiger partial charge on any atom is -0.478 e. The normalized spacial score (nSPS) is 10.1. The lowest BCUT2D eigenvalue weighted by atomic mass is 10.1. The number of hydrogen-bond donors (Lipinski definition) is 3. The molecule has 0 saturated carbocycles. The minimum absolute atomic E-state index is 0.0320. The van der Waals surface area contributed by atoms with Gasteiger partial charge >= 0.3 is 17.9 Å². The topological polar surface area (TPSA) is 138 Å². The lowest BCUT2D eigenvalue weighted by molar-refractivity contribution is 0.0676. The van der Waals surface area contributed by atoms with Crippen LogP contribution in [0.3, 0.4) is 0 Å². The molecule has 8 heteroatoms. The Labute approximate surface area is 117 Å². The first-order valence-corrected chi connectivity index (χ1v) is 5.58. The van der Waals surface area contributed by atoms with Gasteiger partial charge in [0, 0.05) is 0 Å². The minimum atomic E-state index is -1.33. The number of carbonyl (C=O) groups is 3. The molecule has 0 fully saturated rings. The molecule has 0 radical (unpaired) electrons. The van der Waals surface area contributed by atoms with Crippen LogP contribution in [0, 0.1) is 0 Å². The summed E-state index contributed by atoms with van der Waals surface area (Å²) in [6.45, 7) is 0. The van der Waals surface area contributed by atoms with Crippen molar-refractivity contribution >= 4 is 17.9 Å². The second-order valence-electron chi connectivity index (χ2n) is 3.92. The number of hydrogen-bond acceptors (Lipinski definition) is 5. The Morgan fingerprint density at radius 1 is 0.762 bits per heavy atom. The highest BCUT2D eigenvalue weighted by atomic mass is 16.4. The first-order chi connectivity index (χ1) is 9.90. The summed E-state index contributed by atoms with van der Waals surface area (Å²) >= 11 is 0. The van der Waals surface area contributed by atoms with Gasteiger partial charge in [0.1, 0.15) is 17.1 Å². The molecular formula is C13H8N2O6. The van der Waals surface area contributed by atoms with Crippen LogP contribution in [-0.4, -0.2) is 43.2 Å². The standard InChI is InChI=1S/C13H8N2O6/c16-11(17)6-4-5-9(13(20)21)15-10(6)7-2-1-3-8(14-7)12(18)19/h1-5H,(H,16,17)(H,18,19)(H,20,21). The van der Waals surface area contributed by atoms with Crippen molar-refractivity contribution in [2.24, 2.45) is 0 Å². The fourth-order valence-electron chi connectivity index (χ4n) is 1.63. The van der Waals surface area contributed by atoms with E-state index in [0.29, 0.717) is 0 Å². The Morgan fingerprint density at radius 3 is 1.95 bits per heavy atom. The van der Waals surface area contributed by atoms with Crippen molar-refractivity contribution in [1.82, 2.24) is 9.97 Å². The van der Waals surface area contributed by atoms with Crippen LogP contribution in [0.1, 0.15) is 31.3 Å². The van der Waals surface area contributed by atoms with Gasteiger partial charge in [0.25, 0.3) is 0 Å². The molecule has 0 bridgehead atoms. The van der Waals surface area contributed by atoms with Gasteiger partial charge in [-0.2, -0.15) is 0 Å². The smallest absolute Gasteiger partial charge is 0.354 e. The average Bonchev–Trinajstić information content (AvgIpc) is 2.46. The Hall–Kier alpha value is -3.29. The quantitative estimate of drug-likeness (QED) is 0.763. The second kappa shape index (κ2) is 5.37. The third-order valence-electron chi connectivity index (χ3n) is 2.56. The average molecular weight is 288 g/mol. The fraction of sp³-hybridized carbons (Fsp3) is 0. The fourth-order valence-corrected chi connectivity index (χ4v) is 1.63. The third-order valence-corrected chi connectivity index (χ3v) is 2.56. The van der Waals surface area contributed by atoms with Crippen molar-refractivity contribution in [3.8, 4) is 11.4 Å². The SMILES string of the molecule is O=C(O)c1cccc(-c2nc(C(=O)O)ccc2C(=O)O)n1. The molecule has 0 unspecified atom stereocenters. The number of carboxylic acid groups (broad SMARTS) is 3. The lowest BCUT2D eigenvalue weighted by Crippen LogP contribution is -2.09. The van der Waals surface area contributed by atoms with E-state index in [1.807, 2.05) is 0 Å². The van der Waals surface area contributed by atoms with E-state index < -0.39 is 17.9 Å². The zero-order chi connectivity index (χ0) is 15.6. The molecule has 2 aromatic heterocycles.